The summed E-state index contributed by atoms with van der Waals surface area (Å²) in [5.41, 5.74) is 0.0125. The van der Waals surface area contributed by atoms with Crippen LogP contribution in [0, 0.1) is 11.8 Å². The molecule has 2 aliphatic rings. The number of rotatable bonds is 6. The maximum absolute atomic E-state index is 6.08. The van der Waals surface area contributed by atoms with Crippen molar-refractivity contribution in [3.63, 3.8) is 0 Å². The molecule has 0 radical (unpaired) electrons. The summed E-state index contributed by atoms with van der Waals surface area (Å²) in [7, 11) is 0. The third-order valence-corrected chi connectivity index (χ3v) is 5.39. The zero-order valence-electron chi connectivity index (χ0n) is 17.2. The van der Waals surface area contributed by atoms with E-state index >= 15 is 0 Å². The Balaban J connectivity index is 1.62. The van der Waals surface area contributed by atoms with Crippen LogP contribution in [0.2, 0.25) is 0 Å². The zero-order chi connectivity index (χ0) is 18.0. The SMILES string of the molecule is C[C@H]1C[C@H](CCOC(C)(C)C)CCN1C[C@H]1C[C@H](OC(C)(C)C)C1. The van der Waals surface area contributed by atoms with Crippen molar-refractivity contribution < 1.29 is 9.47 Å². The molecule has 2 rings (SSSR count). The topological polar surface area (TPSA) is 21.7 Å². The van der Waals surface area contributed by atoms with E-state index in [1.165, 1.54) is 45.2 Å². The summed E-state index contributed by atoms with van der Waals surface area (Å²) in [5, 5.41) is 0. The first-order valence-electron chi connectivity index (χ1n) is 10.1. The van der Waals surface area contributed by atoms with Crippen molar-refractivity contribution >= 4 is 0 Å². The van der Waals surface area contributed by atoms with E-state index < -0.39 is 0 Å². The van der Waals surface area contributed by atoms with E-state index in [1.54, 1.807) is 0 Å². The third-order valence-electron chi connectivity index (χ3n) is 5.39. The average molecular weight is 340 g/mol. The van der Waals surface area contributed by atoms with E-state index in [0.29, 0.717) is 6.10 Å². The van der Waals surface area contributed by atoms with Crippen molar-refractivity contribution in [3.8, 4) is 0 Å². The molecule has 142 valence electrons. The molecule has 1 aliphatic carbocycles. The maximum Gasteiger partial charge on any atom is 0.0602 e. The first-order chi connectivity index (χ1) is 11.0. The first-order valence-corrected chi connectivity index (χ1v) is 10.1. The van der Waals surface area contributed by atoms with Crippen LogP contribution >= 0.6 is 0 Å². The molecule has 0 aromatic heterocycles. The molecule has 0 unspecified atom stereocenters. The molecular weight excluding hydrogens is 298 g/mol. The lowest BCUT2D eigenvalue weighted by Gasteiger charge is -2.45. The maximum atomic E-state index is 6.08. The molecule has 3 heteroatoms. The second-order valence-electron chi connectivity index (χ2n) is 10.2. The van der Waals surface area contributed by atoms with Gasteiger partial charge in [0.1, 0.15) is 0 Å². The number of ether oxygens (including phenoxy) is 2. The zero-order valence-corrected chi connectivity index (χ0v) is 17.2. The molecule has 0 aromatic rings. The van der Waals surface area contributed by atoms with Gasteiger partial charge in [-0.15, -0.1) is 0 Å². The molecule has 0 amide bonds. The summed E-state index contributed by atoms with van der Waals surface area (Å²) >= 11 is 0. The Morgan fingerprint density at radius 1 is 0.917 bits per heavy atom. The molecule has 0 spiro atoms. The van der Waals surface area contributed by atoms with Gasteiger partial charge >= 0.3 is 0 Å². The lowest BCUT2D eigenvalue weighted by Crippen LogP contribution is -2.48. The highest BCUT2D eigenvalue weighted by atomic mass is 16.5. The fourth-order valence-corrected chi connectivity index (χ4v) is 4.13. The summed E-state index contributed by atoms with van der Waals surface area (Å²) in [6, 6.07) is 0.723. The predicted octanol–water partition coefficient (Wildman–Crippen LogP) is 4.89. The summed E-state index contributed by atoms with van der Waals surface area (Å²) in [6.45, 7) is 18.8. The van der Waals surface area contributed by atoms with Gasteiger partial charge < -0.3 is 14.4 Å². The molecule has 2 atom stereocenters. The van der Waals surface area contributed by atoms with Crippen LogP contribution in [0.3, 0.4) is 0 Å². The average Bonchev–Trinajstić information content (AvgIpc) is 2.36. The number of nitrogens with zero attached hydrogens (tertiary/aromatic N) is 1. The highest BCUT2D eigenvalue weighted by Gasteiger charge is 2.35. The number of likely N-dealkylation sites (tertiary alicyclic amines) is 1. The van der Waals surface area contributed by atoms with Gasteiger partial charge in [0, 0.05) is 19.2 Å². The minimum Gasteiger partial charge on any atom is -0.376 e. The molecule has 3 nitrogen and oxygen atoms in total. The number of piperidine rings is 1. The smallest absolute Gasteiger partial charge is 0.0602 e. The molecule has 1 heterocycles. The lowest BCUT2D eigenvalue weighted by molar-refractivity contribution is -0.117. The molecule has 1 aliphatic heterocycles. The highest BCUT2D eigenvalue weighted by Crippen LogP contribution is 2.35. The summed E-state index contributed by atoms with van der Waals surface area (Å²) in [6.07, 6.45) is 6.90. The molecule has 1 saturated carbocycles. The largest absolute Gasteiger partial charge is 0.376 e. The lowest BCUT2D eigenvalue weighted by atomic mass is 9.80. The van der Waals surface area contributed by atoms with E-state index in [2.05, 4.69) is 53.4 Å². The van der Waals surface area contributed by atoms with Gasteiger partial charge in [0.05, 0.1) is 17.3 Å². The normalized spacial score (nSPS) is 32.6. The van der Waals surface area contributed by atoms with Crippen molar-refractivity contribution in [1.29, 1.82) is 0 Å². The van der Waals surface area contributed by atoms with Crippen LogP contribution in [0.4, 0.5) is 0 Å². The predicted molar refractivity (Wildman–Crippen MR) is 101 cm³/mol. The van der Waals surface area contributed by atoms with Crippen molar-refractivity contribution in [2.45, 2.75) is 104 Å². The van der Waals surface area contributed by atoms with Gasteiger partial charge in [-0.25, -0.2) is 0 Å². The van der Waals surface area contributed by atoms with E-state index in [0.717, 1.165) is 24.5 Å². The minimum atomic E-state index is 0.00219. The quantitative estimate of drug-likeness (QED) is 0.688. The Morgan fingerprint density at radius 3 is 2.12 bits per heavy atom. The van der Waals surface area contributed by atoms with E-state index in [4.69, 9.17) is 9.47 Å². The van der Waals surface area contributed by atoms with Gasteiger partial charge in [-0.3, -0.25) is 0 Å². The van der Waals surface area contributed by atoms with Gasteiger partial charge in [-0.05, 0) is 99.0 Å². The summed E-state index contributed by atoms with van der Waals surface area (Å²) in [4.78, 5) is 2.72. The number of hydrogen-bond donors (Lipinski definition) is 0. The van der Waals surface area contributed by atoms with Gasteiger partial charge in [-0.1, -0.05) is 0 Å². The molecule has 0 bridgehead atoms. The second kappa shape index (κ2) is 8.05. The van der Waals surface area contributed by atoms with Crippen LogP contribution in [-0.2, 0) is 9.47 Å². The van der Waals surface area contributed by atoms with Gasteiger partial charge in [0.2, 0.25) is 0 Å². The fraction of sp³-hybridized carbons (Fsp3) is 1.00. The van der Waals surface area contributed by atoms with Crippen LogP contribution in [-0.4, -0.2) is 47.9 Å². The highest BCUT2D eigenvalue weighted by molar-refractivity contribution is 4.87. The molecule has 1 saturated heterocycles. The summed E-state index contributed by atoms with van der Waals surface area (Å²) in [5.74, 6) is 1.69. The van der Waals surface area contributed by atoms with Crippen LogP contribution in [0.1, 0.15) is 80.6 Å². The second-order valence-corrected chi connectivity index (χ2v) is 10.2. The standard InChI is InChI=1S/C21H41NO2/c1-16-12-17(9-11-23-20(2,3)4)8-10-22(16)15-18-13-19(14-18)24-21(5,6)7/h16-19H,8-15H2,1-7H3/t16-,17-,18-,19-/m0/s1. The monoisotopic (exact) mass is 339 g/mol. The Hall–Kier alpha value is -0.120. The molecule has 0 aromatic carbocycles. The van der Waals surface area contributed by atoms with E-state index in [9.17, 15) is 0 Å². The molecular formula is C21H41NO2. The van der Waals surface area contributed by atoms with Crippen molar-refractivity contribution in [1.82, 2.24) is 4.90 Å². The Morgan fingerprint density at radius 2 is 1.58 bits per heavy atom. The minimum absolute atomic E-state index is 0.00219. The third kappa shape index (κ3) is 7.01. The molecule has 24 heavy (non-hydrogen) atoms. The summed E-state index contributed by atoms with van der Waals surface area (Å²) < 4.78 is 12.0. The van der Waals surface area contributed by atoms with Crippen LogP contribution in [0.5, 0.6) is 0 Å². The van der Waals surface area contributed by atoms with E-state index in [1.807, 2.05) is 0 Å². The van der Waals surface area contributed by atoms with Gasteiger partial charge in [0.15, 0.2) is 0 Å². The molecule has 0 N–H and O–H groups in total. The first kappa shape index (κ1) is 20.2. The Bertz CT molecular complexity index is 376. The molecule has 2 fully saturated rings. The van der Waals surface area contributed by atoms with Gasteiger partial charge in [-0.2, -0.15) is 0 Å². The van der Waals surface area contributed by atoms with Crippen molar-refractivity contribution in [2.24, 2.45) is 11.8 Å². The van der Waals surface area contributed by atoms with Crippen LogP contribution in [0.25, 0.3) is 0 Å². The number of hydrogen-bond acceptors (Lipinski definition) is 3. The van der Waals surface area contributed by atoms with E-state index in [-0.39, 0.29) is 11.2 Å². The van der Waals surface area contributed by atoms with Crippen molar-refractivity contribution in [2.75, 3.05) is 19.7 Å². The van der Waals surface area contributed by atoms with Crippen molar-refractivity contribution in [3.05, 3.63) is 0 Å². The Kier molecular flexibility index (Phi) is 6.78. The van der Waals surface area contributed by atoms with Crippen LogP contribution < -0.4 is 0 Å². The Labute approximate surface area is 150 Å². The van der Waals surface area contributed by atoms with Crippen LogP contribution in [0.15, 0.2) is 0 Å². The fourth-order valence-electron chi connectivity index (χ4n) is 4.13. The van der Waals surface area contributed by atoms with Gasteiger partial charge in [0.25, 0.3) is 0 Å².